The Morgan fingerprint density at radius 1 is 0.939 bits per heavy atom. The number of methoxy groups -OCH3 is 1. The molecule has 0 radical (unpaired) electrons. The molecule has 33 heavy (non-hydrogen) atoms. The molecule has 4 aromatic carbocycles. The predicted molar refractivity (Wildman–Crippen MR) is 136 cm³/mol. The summed E-state index contributed by atoms with van der Waals surface area (Å²) < 4.78 is 4.27. The number of carbonyl (C=O) groups is 2. The molecule has 1 atom stereocenters. The van der Waals surface area contributed by atoms with E-state index in [9.17, 15) is 14.7 Å². The number of carboxylic acid groups (broad SMARTS) is 1. The van der Waals surface area contributed by atoms with Crippen LogP contribution in [0.25, 0.3) is 32.3 Å². The number of benzene rings is 4. The fourth-order valence-corrected chi connectivity index (χ4v) is 4.31. The normalized spacial score (nSPS) is 11.7. The quantitative estimate of drug-likeness (QED) is 0.186. The predicted octanol–water partition coefficient (Wildman–Crippen LogP) is 7.23. The van der Waals surface area contributed by atoms with Crippen LogP contribution in [0.15, 0.2) is 78.9 Å². The van der Waals surface area contributed by atoms with E-state index in [1.165, 1.54) is 34.0 Å². The monoisotopic (exact) mass is 442 g/mol. The van der Waals surface area contributed by atoms with Gasteiger partial charge in [-0.1, -0.05) is 87.5 Å². The van der Waals surface area contributed by atoms with Crippen molar-refractivity contribution < 1.29 is 19.4 Å². The van der Waals surface area contributed by atoms with E-state index in [-0.39, 0.29) is 17.5 Å². The van der Waals surface area contributed by atoms with Crippen molar-refractivity contribution >= 4 is 44.3 Å². The van der Waals surface area contributed by atoms with Gasteiger partial charge in [-0.3, -0.25) is 0 Å². The molecule has 0 aromatic heterocycles. The van der Waals surface area contributed by atoms with Crippen LogP contribution in [0, 0.1) is 0 Å². The molecular formula is C29H30O4. The van der Waals surface area contributed by atoms with Crippen LogP contribution in [0.3, 0.4) is 0 Å². The summed E-state index contributed by atoms with van der Waals surface area (Å²) in [6.45, 7) is 11.0. The molecule has 1 N–H and O–H groups in total. The molecule has 4 aromatic rings. The smallest absolute Gasteiger partial charge is 0.332 e. The van der Waals surface area contributed by atoms with Crippen molar-refractivity contribution in [2.45, 2.75) is 39.0 Å². The highest BCUT2D eigenvalue weighted by molar-refractivity contribution is 6.23. The van der Waals surface area contributed by atoms with Crippen LogP contribution < -0.4 is 0 Å². The van der Waals surface area contributed by atoms with E-state index in [2.05, 4.69) is 79.4 Å². The van der Waals surface area contributed by atoms with Crippen molar-refractivity contribution in [2.75, 3.05) is 7.11 Å². The van der Waals surface area contributed by atoms with Gasteiger partial charge < -0.3 is 9.84 Å². The van der Waals surface area contributed by atoms with E-state index >= 15 is 0 Å². The van der Waals surface area contributed by atoms with Gasteiger partial charge in [-0.2, -0.15) is 0 Å². The Kier molecular flexibility index (Phi) is 7.49. The second kappa shape index (κ2) is 10.3. The van der Waals surface area contributed by atoms with E-state index in [0.29, 0.717) is 5.57 Å². The van der Waals surface area contributed by atoms with Gasteiger partial charge in [0.15, 0.2) is 0 Å². The third-order valence-electron chi connectivity index (χ3n) is 6.01. The summed E-state index contributed by atoms with van der Waals surface area (Å²) in [6, 6.07) is 19.2. The van der Waals surface area contributed by atoms with Crippen LogP contribution in [-0.4, -0.2) is 24.2 Å². The number of carbonyl (C=O) groups excluding carboxylic acids is 1. The lowest BCUT2D eigenvalue weighted by atomic mass is 9.82. The number of hydrogen-bond donors (Lipinski definition) is 1. The molecule has 0 amide bonds. The molecule has 4 heteroatoms. The maximum absolute atomic E-state index is 11.6. The van der Waals surface area contributed by atoms with Gasteiger partial charge in [0.25, 0.3) is 0 Å². The van der Waals surface area contributed by atoms with E-state index in [4.69, 9.17) is 0 Å². The van der Waals surface area contributed by atoms with Gasteiger partial charge >= 0.3 is 11.9 Å². The average molecular weight is 443 g/mol. The first-order valence-corrected chi connectivity index (χ1v) is 11.1. The van der Waals surface area contributed by atoms with Crippen molar-refractivity contribution in [2.24, 2.45) is 0 Å². The lowest BCUT2D eigenvalue weighted by molar-refractivity contribution is -0.136. The fourth-order valence-electron chi connectivity index (χ4n) is 4.31. The molecule has 0 fully saturated rings. The SMILES string of the molecule is C=C(C(=O)O)C(CCCC)c1ccc2ccc3cccc4ccc1c2c34.C=C(C)C(=O)OC. The van der Waals surface area contributed by atoms with Gasteiger partial charge in [0.2, 0.25) is 0 Å². The first-order chi connectivity index (χ1) is 15.8. The highest BCUT2D eigenvalue weighted by Crippen LogP contribution is 2.40. The van der Waals surface area contributed by atoms with Gasteiger partial charge in [0, 0.05) is 17.1 Å². The lowest BCUT2D eigenvalue weighted by Crippen LogP contribution is -2.11. The number of rotatable bonds is 7. The van der Waals surface area contributed by atoms with Gasteiger partial charge in [-0.05, 0) is 51.2 Å². The highest BCUT2D eigenvalue weighted by Gasteiger charge is 2.23. The van der Waals surface area contributed by atoms with Crippen molar-refractivity contribution in [3.8, 4) is 0 Å². The van der Waals surface area contributed by atoms with Gasteiger partial charge in [0.05, 0.1) is 7.11 Å². The molecule has 1 unspecified atom stereocenters. The standard InChI is InChI=1S/C24H22O2.C5H8O2/c1-3-4-8-19(15(2)24(25)26)20-13-11-18-10-9-16-6-5-7-17-12-14-21(20)23(18)22(16)17;1-4(2)5(6)7-3/h5-7,9-14,19H,2-4,8H2,1H3,(H,25,26);1H2,2-3H3. The highest BCUT2D eigenvalue weighted by atomic mass is 16.5. The van der Waals surface area contributed by atoms with Gasteiger partial charge in [-0.25, -0.2) is 9.59 Å². The Morgan fingerprint density at radius 3 is 2.03 bits per heavy atom. The summed E-state index contributed by atoms with van der Waals surface area (Å²) in [6.07, 6.45) is 2.83. The van der Waals surface area contributed by atoms with Crippen LogP contribution in [0.2, 0.25) is 0 Å². The maximum Gasteiger partial charge on any atom is 0.332 e. The minimum atomic E-state index is -0.906. The van der Waals surface area contributed by atoms with Crippen LogP contribution in [0.1, 0.15) is 44.6 Å². The minimum absolute atomic E-state index is 0.156. The van der Waals surface area contributed by atoms with E-state index in [1.807, 2.05) is 0 Å². The van der Waals surface area contributed by atoms with Crippen molar-refractivity contribution in [1.82, 2.24) is 0 Å². The van der Waals surface area contributed by atoms with E-state index in [1.54, 1.807) is 6.92 Å². The molecule has 0 saturated carbocycles. The topological polar surface area (TPSA) is 63.6 Å². The second-order valence-electron chi connectivity index (χ2n) is 8.31. The third kappa shape index (κ3) is 4.90. The van der Waals surface area contributed by atoms with Crippen LogP contribution in [0.4, 0.5) is 0 Å². The third-order valence-corrected chi connectivity index (χ3v) is 6.01. The zero-order chi connectivity index (χ0) is 24.1. The van der Waals surface area contributed by atoms with Crippen molar-refractivity contribution in [3.05, 3.63) is 84.5 Å². The molecule has 170 valence electrons. The maximum atomic E-state index is 11.6. The Morgan fingerprint density at radius 2 is 1.52 bits per heavy atom. The van der Waals surface area contributed by atoms with E-state index < -0.39 is 5.97 Å². The number of aliphatic carboxylic acids is 1. The number of unbranched alkanes of at least 4 members (excludes halogenated alkanes) is 1. The Balaban J connectivity index is 0.000000383. The zero-order valence-electron chi connectivity index (χ0n) is 19.5. The van der Waals surface area contributed by atoms with Crippen LogP contribution >= 0.6 is 0 Å². The molecule has 4 nitrogen and oxygen atoms in total. The van der Waals surface area contributed by atoms with Crippen LogP contribution in [0.5, 0.6) is 0 Å². The zero-order valence-corrected chi connectivity index (χ0v) is 19.5. The van der Waals surface area contributed by atoms with E-state index in [0.717, 1.165) is 30.2 Å². The summed E-state index contributed by atoms with van der Waals surface area (Å²) in [4.78, 5) is 21.8. The van der Waals surface area contributed by atoms with Gasteiger partial charge in [-0.15, -0.1) is 0 Å². The molecule has 0 saturated heterocycles. The van der Waals surface area contributed by atoms with Crippen molar-refractivity contribution in [1.29, 1.82) is 0 Å². The number of ether oxygens (including phenoxy) is 1. The first kappa shape index (κ1) is 24.0. The molecular weight excluding hydrogens is 412 g/mol. The molecule has 0 spiro atoms. The summed E-state index contributed by atoms with van der Waals surface area (Å²) in [5.41, 5.74) is 1.80. The number of carboxylic acids is 1. The molecule has 0 bridgehead atoms. The molecule has 0 aliphatic carbocycles. The summed E-state index contributed by atoms with van der Waals surface area (Å²) in [5.74, 6) is -1.41. The molecule has 0 aliphatic rings. The summed E-state index contributed by atoms with van der Waals surface area (Å²) in [5, 5.41) is 16.8. The Labute approximate surface area is 194 Å². The molecule has 0 aliphatic heterocycles. The Hall–Kier alpha value is -3.66. The lowest BCUT2D eigenvalue weighted by Gasteiger charge is -2.21. The number of esters is 1. The number of hydrogen-bond acceptors (Lipinski definition) is 3. The average Bonchev–Trinajstić information content (AvgIpc) is 2.82. The second-order valence-corrected chi connectivity index (χ2v) is 8.31. The van der Waals surface area contributed by atoms with Gasteiger partial charge in [0.1, 0.15) is 0 Å². The first-order valence-electron chi connectivity index (χ1n) is 11.1. The Bertz CT molecular complexity index is 1320. The fraction of sp³-hybridized carbons (Fsp3) is 0.241. The summed E-state index contributed by atoms with van der Waals surface area (Å²) >= 11 is 0. The van der Waals surface area contributed by atoms with Crippen LogP contribution in [-0.2, 0) is 14.3 Å². The molecule has 4 rings (SSSR count). The summed E-state index contributed by atoms with van der Waals surface area (Å²) in [7, 11) is 1.33. The molecule has 0 heterocycles. The van der Waals surface area contributed by atoms with Crippen molar-refractivity contribution in [3.63, 3.8) is 0 Å². The largest absolute Gasteiger partial charge is 0.478 e. The minimum Gasteiger partial charge on any atom is -0.478 e.